The van der Waals surface area contributed by atoms with E-state index in [-0.39, 0.29) is 11.3 Å². The number of esters is 1. The molecule has 0 saturated carbocycles. The van der Waals surface area contributed by atoms with Crippen molar-refractivity contribution in [2.24, 2.45) is 0 Å². The predicted molar refractivity (Wildman–Crippen MR) is 103 cm³/mol. The molecule has 3 aromatic rings. The molecule has 0 bridgehead atoms. The van der Waals surface area contributed by atoms with Crippen molar-refractivity contribution < 1.29 is 23.5 Å². The lowest BCUT2D eigenvalue weighted by molar-refractivity contribution is -0.119. The van der Waals surface area contributed by atoms with Gasteiger partial charge < -0.3 is 14.8 Å². The summed E-state index contributed by atoms with van der Waals surface area (Å²) < 4.78 is 24.6. The Bertz CT molecular complexity index is 989. The Morgan fingerprint density at radius 1 is 0.964 bits per heavy atom. The van der Waals surface area contributed by atoms with E-state index >= 15 is 0 Å². The molecule has 6 heteroatoms. The van der Waals surface area contributed by atoms with Gasteiger partial charge in [0, 0.05) is 0 Å². The average Bonchev–Trinajstić information content (AvgIpc) is 2.69. The van der Waals surface area contributed by atoms with Gasteiger partial charge in [-0.1, -0.05) is 36.4 Å². The summed E-state index contributed by atoms with van der Waals surface area (Å²) in [7, 11) is 0. The van der Waals surface area contributed by atoms with Gasteiger partial charge in [0.15, 0.2) is 6.61 Å². The van der Waals surface area contributed by atoms with Crippen molar-refractivity contribution in [2.75, 3.05) is 11.9 Å². The van der Waals surface area contributed by atoms with Crippen LogP contribution in [0.1, 0.15) is 15.9 Å². The van der Waals surface area contributed by atoms with Crippen LogP contribution in [-0.2, 0) is 9.53 Å². The van der Waals surface area contributed by atoms with Crippen molar-refractivity contribution in [3.8, 4) is 11.5 Å². The van der Waals surface area contributed by atoms with Gasteiger partial charge in [0.25, 0.3) is 5.91 Å². The summed E-state index contributed by atoms with van der Waals surface area (Å²) in [6.07, 6.45) is 0. The van der Waals surface area contributed by atoms with Gasteiger partial charge >= 0.3 is 5.97 Å². The van der Waals surface area contributed by atoms with E-state index in [1.165, 1.54) is 18.2 Å². The molecular formula is C22H18FNO4. The van der Waals surface area contributed by atoms with Gasteiger partial charge in [0.1, 0.15) is 22.9 Å². The molecule has 0 aliphatic carbocycles. The first kappa shape index (κ1) is 19.1. The largest absolute Gasteiger partial charge is 0.456 e. The molecule has 0 aromatic heterocycles. The number of aryl methyl sites for hydroxylation is 1. The van der Waals surface area contributed by atoms with Gasteiger partial charge in [0.2, 0.25) is 0 Å². The Morgan fingerprint density at radius 2 is 1.68 bits per heavy atom. The first-order valence-electron chi connectivity index (χ1n) is 8.58. The lowest BCUT2D eigenvalue weighted by atomic mass is 10.2. The molecule has 0 heterocycles. The molecule has 3 aromatic carbocycles. The molecule has 0 saturated heterocycles. The molecule has 0 unspecified atom stereocenters. The Labute approximate surface area is 161 Å². The fourth-order valence-electron chi connectivity index (χ4n) is 2.46. The maximum atomic E-state index is 13.8. The Balaban J connectivity index is 1.62. The van der Waals surface area contributed by atoms with E-state index < -0.39 is 24.3 Å². The maximum absolute atomic E-state index is 13.8. The second-order valence-electron chi connectivity index (χ2n) is 6.02. The third-order valence-corrected chi connectivity index (χ3v) is 3.81. The molecule has 0 atom stereocenters. The van der Waals surface area contributed by atoms with Gasteiger partial charge in [-0.15, -0.1) is 0 Å². The van der Waals surface area contributed by atoms with E-state index in [1.54, 1.807) is 43.3 Å². The fraction of sp³-hybridized carbons (Fsp3) is 0.0909. The third kappa shape index (κ3) is 4.94. The highest BCUT2D eigenvalue weighted by molar-refractivity contribution is 5.96. The number of nitrogens with one attached hydrogen (secondary N) is 1. The number of halogens is 1. The fourth-order valence-corrected chi connectivity index (χ4v) is 2.46. The van der Waals surface area contributed by atoms with Crippen molar-refractivity contribution in [3.63, 3.8) is 0 Å². The number of carbonyl (C=O) groups is 2. The minimum atomic E-state index is -0.717. The summed E-state index contributed by atoms with van der Waals surface area (Å²) in [5.74, 6) is -1.04. The molecule has 0 spiro atoms. The number of anilines is 1. The van der Waals surface area contributed by atoms with Gasteiger partial charge in [0.05, 0.1) is 5.69 Å². The van der Waals surface area contributed by atoms with E-state index in [2.05, 4.69) is 5.32 Å². The minimum Gasteiger partial charge on any atom is -0.456 e. The number of ether oxygens (including phenoxy) is 2. The number of amides is 1. The molecule has 0 radical (unpaired) electrons. The van der Waals surface area contributed by atoms with Crippen LogP contribution in [0.3, 0.4) is 0 Å². The van der Waals surface area contributed by atoms with Gasteiger partial charge in [-0.3, -0.25) is 4.79 Å². The number of rotatable bonds is 6. The Hall–Kier alpha value is -3.67. The summed E-state index contributed by atoms with van der Waals surface area (Å²) in [6, 6.07) is 20.0. The first-order chi connectivity index (χ1) is 13.5. The van der Waals surface area contributed by atoms with Crippen molar-refractivity contribution in [2.45, 2.75) is 6.92 Å². The topological polar surface area (TPSA) is 64.6 Å². The summed E-state index contributed by atoms with van der Waals surface area (Å²) in [4.78, 5) is 24.3. The molecule has 0 aliphatic rings. The Kier molecular flexibility index (Phi) is 6.01. The quantitative estimate of drug-likeness (QED) is 0.630. The van der Waals surface area contributed by atoms with Crippen LogP contribution in [0.5, 0.6) is 11.5 Å². The van der Waals surface area contributed by atoms with Crippen LogP contribution in [0.2, 0.25) is 0 Å². The highest BCUT2D eigenvalue weighted by Crippen LogP contribution is 2.25. The summed E-state index contributed by atoms with van der Waals surface area (Å²) in [5.41, 5.74) is 0.942. The molecule has 1 amide bonds. The first-order valence-corrected chi connectivity index (χ1v) is 8.58. The van der Waals surface area contributed by atoms with E-state index in [9.17, 15) is 14.0 Å². The number of hydrogen-bond donors (Lipinski definition) is 1. The SMILES string of the molecule is Cc1ccc(NC(=O)COC(=O)c2ccccc2Oc2ccccc2)c(F)c1. The van der Waals surface area contributed by atoms with Crippen LogP contribution in [0, 0.1) is 12.7 Å². The average molecular weight is 379 g/mol. The van der Waals surface area contributed by atoms with Gasteiger partial charge in [-0.2, -0.15) is 0 Å². The van der Waals surface area contributed by atoms with Crippen molar-refractivity contribution in [1.29, 1.82) is 0 Å². The highest BCUT2D eigenvalue weighted by Gasteiger charge is 2.16. The molecular weight excluding hydrogens is 361 g/mol. The molecule has 0 aliphatic heterocycles. The monoisotopic (exact) mass is 379 g/mol. The summed E-state index contributed by atoms with van der Waals surface area (Å²) in [6.45, 7) is 1.19. The summed E-state index contributed by atoms with van der Waals surface area (Å²) >= 11 is 0. The normalized spacial score (nSPS) is 10.2. The van der Waals surface area contributed by atoms with Crippen LogP contribution in [0.25, 0.3) is 0 Å². The van der Waals surface area contributed by atoms with E-state index in [4.69, 9.17) is 9.47 Å². The lowest BCUT2D eigenvalue weighted by Gasteiger charge is -2.11. The van der Waals surface area contributed by atoms with Crippen LogP contribution in [0.15, 0.2) is 72.8 Å². The highest BCUT2D eigenvalue weighted by atomic mass is 19.1. The van der Waals surface area contributed by atoms with Crippen LogP contribution < -0.4 is 10.1 Å². The minimum absolute atomic E-state index is 0.0273. The molecule has 3 rings (SSSR count). The van der Waals surface area contributed by atoms with Crippen LogP contribution in [-0.4, -0.2) is 18.5 Å². The van der Waals surface area contributed by atoms with Crippen molar-refractivity contribution in [3.05, 3.63) is 89.7 Å². The maximum Gasteiger partial charge on any atom is 0.342 e. The third-order valence-electron chi connectivity index (χ3n) is 3.81. The molecule has 1 N–H and O–H groups in total. The zero-order valence-electron chi connectivity index (χ0n) is 15.1. The van der Waals surface area contributed by atoms with Crippen molar-refractivity contribution >= 4 is 17.6 Å². The second kappa shape index (κ2) is 8.81. The number of hydrogen-bond acceptors (Lipinski definition) is 4. The zero-order valence-corrected chi connectivity index (χ0v) is 15.1. The van der Waals surface area contributed by atoms with Gasteiger partial charge in [-0.05, 0) is 48.9 Å². The number of para-hydroxylation sites is 2. The predicted octanol–water partition coefficient (Wildman–Crippen LogP) is 4.72. The number of benzene rings is 3. The lowest BCUT2D eigenvalue weighted by Crippen LogP contribution is -2.21. The Morgan fingerprint density at radius 3 is 2.43 bits per heavy atom. The smallest absolute Gasteiger partial charge is 0.342 e. The van der Waals surface area contributed by atoms with E-state index in [0.717, 1.165) is 5.56 Å². The number of carbonyl (C=O) groups excluding carboxylic acids is 2. The zero-order chi connectivity index (χ0) is 19.9. The van der Waals surface area contributed by atoms with Gasteiger partial charge in [-0.25, -0.2) is 9.18 Å². The van der Waals surface area contributed by atoms with E-state index in [1.807, 2.05) is 18.2 Å². The van der Waals surface area contributed by atoms with E-state index in [0.29, 0.717) is 11.5 Å². The molecule has 5 nitrogen and oxygen atoms in total. The van der Waals surface area contributed by atoms with Crippen molar-refractivity contribution in [1.82, 2.24) is 0 Å². The molecule has 28 heavy (non-hydrogen) atoms. The standard InChI is InChI=1S/C22H18FNO4/c1-15-11-12-19(18(23)13-15)24-21(25)14-27-22(26)17-9-5-6-10-20(17)28-16-7-3-2-4-8-16/h2-13H,14H2,1H3,(H,24,25). The second-order valence-corrected chi connectivity index (χ2v) is 6.02. The molecule has 0 fully saturated rings. The molecule has 142 valence electrons. The van der Waals surface area contributed by atoms with Crippen LogP contribution >= 0.6 is 0 Å². The van der Waals surface area contributed by atoms with Crippen LogP contribution in [0.4, 0.5) is 10.1 Å². The summed E-state index contributed by atoms with van der Waals surface area (Å²) in [5, 5.41) is 2.38.